The molecule has 2 heterocycles. The van der Waals surface area contributed by atoms with Gasteiger partial charge in [-0.3, -0.25) is 9.59 Å². The van der Waals surface area contributed by atoms with Crippen LogP contribution in [0.2, 0.25) is 0 Å². The number of aliphatic carboxylic acids is 1. The van der Waals surface area contributed by atoms with Crippen LogP contribution in [0.15, 0.2) is 42.7 Å². The summed E-state index contributed by atoms with van der Waals surface area (Å²) in [6.07, 6.45) is 24.0. The molecule has 2 fully saturated rings. The number of carbonyl (C=O) groups is 2. The maximum atomic E-state index is 12.4. The van der Waals surface area contributed by atoms with Gasteiger partial charge in [-0.05, 0) is 137 Å². The largest absolute Gasteiger partial charge is 0.667 e. The first-order chi connectivity index (χ1) is 27.3. The normalized spacial score (nSPS) is 27.7. The molecule has 0 saturated heterocycles. The van der Waals surface area contributed by atoms with Gasteiger partial charge in [0.15, 0.2) is 0 Å². The second kappa shape index (κ2) is 21.8. The van der Waals surface area contributed by atoms with E-state index in [0.717, 1.165) is 75.5 Å². The number of carboxylic acids is 1. The SMILES string of the molecule is CCCCC[C@@H]1C=C[C@@H](CCCCC[C@H](C(=O)O)[C@H](O)CC[C@@]2(O)C[C@@H](Cc3ccnc(N)c3)C[C@H]2Cc2cc([C@H](C)C[C@H](C)C3CCC(=O)CC3)c[n-]2)[C@H](O)C1. The summed E-state index contributed by atoms with van der Waals surface area (Å²) in [6.45, 7) is 6.79. The number of aliphatic hydroxyl groups excluding tert-OH is 2. The van der Waals surface area contributed by atoms with Crippen molar-refractivity contribution in [2.24, 2.45) is 41.4 Å². The minimum atomic E-state index is -1.06. The van der Waals surface area contributed by atoms with Gasteiger partial charge in [0.1, 0.15) is 11.6 Å². The Hall–Kier alpha value is -3.01. The zero-order valence-electron chi connectivity index (χ0n) is 35.2. The molecule has 9 heteroatoms. The lowest BCUT2D eigenvalue weighted by Gasteiger charge is -2.33. The molecule has 0 aromatic carbocycles. The number of pyridine rings is 1. The Balaban J connectivity index is 1.14. The Bertz CT molecular complexity index is 1560. The number of nitrogens with two attached hydrogens (primary N) is 1. The summed E-state index contributed by atoms with van der Waals surface area (Å²) in [5, 5.41) is 44.6. The first kappa shape index (κ1) is 45.1. The van der Waals surface area contributed by atoms with Crippen molar-refractivity contribution in [3.05, 3.63) is 59.6 Å². The molecule has 2 saturated carbocycles. The fourth-order valence-electron chi connectivity index (χ4n) is 10.7. The topological polar surface area (TPSA) is 168 Å². The third-order valence-electron chi connectivity index (χ3n) is 14.3. The molecule has 6 N–H and O–H groups in total. The molecule has 9 nitrogen and oxygen atoms in total. The van der Waals surface area contributed by atoms with E-state index in [2.05, 4.69) is 44.0 Å². The quantitative estimate of drug-likeness (QED) is 0.0545. The molecule has 5 rings (SSSR count). The highest BCUT2D eigenvalue weighted by molar-refractivity contribution is 5.79. The van der Waals surface area contributed by atoms with Crippen LogP contribution in [0.1, 0.15) is 166 Å². The summed E-state index contributed by atoms with van der Waals surface area (Å²) in [4.78, 5) is 33.2. The van der Waals surface area contributed by atoms with Crippen LogP contribution in [0.25, 0.3) is 0 Å². The molecular weight excluding hydrogens is 715 g/mol. The molecule has 0 radical (unpaired) electrons. The zero-order chi connectivity index (χ0) is 41.0. The van der Waals surface area contributed by atoms with Crippen molar-refractivity contribution in [3.63, 3.8) is 0 Å². The highest BCUT2D eigenvalue weighted by Gasteiger charge is 2.46. The van der Waals surface area contributed by atoms with E-state index in [1.807, 2.05) is 18.3 Å². The number of allylic oxidation sites excluding steroid dienone is 1. The predicted octanol–water partition coefficient (Wildman–Crippen LogP) is 8.98. The maximum absolute atomic E-state index is 12.4. The van der Waals surface area contributed by atoms with Crippen molar-refractivity contribution in [1.82, 2.24) is 9.97 Å². The molecular formula is C48H74N3O6-. The second-order valence-corrected chi connectivity index (χ2v) is 18.8. The maximum Gasteiger partial charge on any atom is 0.309 e. The number of hydrogen-bond acceptors (Lipinski definition) is 7. The van der Waals surface area contributed by atoms with Crippen molar-refractivity contribution in [2.45, 2.75) is 179 Å². The average Bonchev–Trinajstić information content (AvgIpc) is 3.77. The van der Waals surface area contributed by atoms with Gasteiger partial charge < -0.3 is 31.1 Å². The minimum absolute atomic E-state index is 0.0790. The van der Waals surface area contributed by atoms with Crippen molar-refractivity contribution in [2.75, 3.05) is 5.73 Å². The van der Waals surface area contributed by atoms with Crippen LogP contribution in [0.3, 0.4) is 0 Å². The fourth-order valence-corrected chi connectivity index (χ4v) is 10.7. The lowest BCUT2D eigenvalue weighted by molar-refractivity contribution is -0.146. The van der Waals surface area contributed by atoms with E-state index in [1.165, 1.54) is 24.8 Å². The highest BCUT2D eigenvalue weighted by Crippen LogP contribution is 2.46. The van der Waals surface area contributed by atoms with Crippen molar-refractivity contribution < 1.29 is 30.0 Å². The number of aliphatic hydroxyl groups is 3. The zero-order valence-corrected chi connectivity index (χ0v) is 35.2. The van der Waals surface area contributed by atoms with Gasteiger partial charge in [0.2, 0.25) is 0 Å². The number of ketones is 1. The van der Waals surface area contributed by atoms with Gasteiger partial charge in [-0.25, -0.2) is 4.98 Å². The van der Waals surface area contributed by atoms with E-state index in [4.69, 9.17) is 10.7 Å². The van der Waals surface area contributed by atoms with Gasteiger partial charge in [0, 0.05) is 25.0 Å². The molecule has 3 aliphatic rings. The Morgan fingerprint density at radius 2 is 1.79 bits per heavy atom. The molecule has 2 aromatic rings. The summed E-state index contributed by atoms with van der Waals surface area (Å²) in [5.74, 6) is 1.24. The predicted molar refractivity (Wildman–Crippen MR) is 226 cm³/mol. The molecule has 0 amide bonds. The molecule has 2 aromatic heterocycles. The van der Waals surface area contributed by atoms with E-state index in [9.17, 15) is 30.0 Å². The van der Waals surface area contributed by atoms with Gasteiger partial charge in [0.05, 0.1) is 23.7 Å². The van der Waals surface area contributed by atoms with Crippen molar-refractivity contribution >= 4 is 17.6 Å². The monoisotopic (exact) mass is 789 g/mol. The standard InChI is InChI=1S/C48H74N3O6/c1-4-5-7-10-34-13-14-38(45(54)26-34)11-8-6-9-12-43(47(55)56)44(53)19-21-48(57)30-36(24-35-20-22-50-46(49)27-35)25-40(48)29-41-28-39(31-51-41)33(3)23-32(2)37-15-17-42(52)18-16-37/h13-14,20,22,27-28,31-34,36-38,40,43-45,53-54,57H,4-12,15-19,21,23-26,29-30H2,1-3H3,(H2,49,50)(H,55,56)/q-1/t32-,33+,34+,36-,38+,40-,43-,44+,45+,48+/m0/s1. The molecule has 0 unspecified atom stereocenters. The van der Waals surface area contributed by atoms with E-state index < -0.39 is 23.6 Å². The number of hydrogen-bond donors (Lipinski definition) is 5. The summed E-state index contributed by atoms with van der Waals surface area (Å²) in [7, 11) is 0. The lowest BCUT2D eigenvalue weighted by Crippen LogP contribution is -2.37. The summed E-state index contributed by atoms with van der Waals surface area (Å²) in [5.41, 5.74) is 8.20. The molecule has 318 valence electrons. The lowest BCUT2D eigenvalue weighted by atomic mass is 9.76. The van der Waals surface area contributed by atoms with Gasteiger partial charge in [0.25, 0.3) is 0 Å². The van der Waals surface area contributed by atoms with E-state index in [-0.39, 0.29) is 30.3 Å². The van der Waals surface area contributed by atoms with Crippen LogP contribution < -0.4 is 10.7 Å². The highest BCUT2D eigenvalue weighted by atomic mass is 16.4. The number of anilines is 1. The number of rotatable bonds is 23. The first-order valence-electron chi connectivity index (χ1n) is 22.7. The second-order valence-electron chi connectivity index (χ2n) is 18.8. The van der Waals surface area contributed by atoms with Crippen LogP contribution in [0.5, 0.6) is 0 Å². The molecule has 0 spiro atoms. The number of nitrogen functional groups attached to an aromatic ring is 1. The summed E-state index contributed by atoms with van der Waals surface area (Å²) < 4.78 is 0. The number of carbonyl (C=O) groups excluding carboxylic acids is 1. The number of carboxylic acid groups (broad SMARTS) is 1. The van der Waals surface area contributed by atoms with Crippen LogP contribution in [-0.2, 0) is 22.4 Å². The average molecular weight is 789 g/mol. The molecule has 57 heavy (non-hydrogen) atoms. The Labute approximate surface area is 342 Å². The number of nitrogens with zero attached hydrogens (tertiary/aromatic N) is 2. The molecule has 0 aliphatic heterocycles. The number of unbranched alkanes of at least 4 members (excludes halogenated alkanes) is 4. The van der Waals surface area contributed by atoms with Gasteiger partial charge in [-0.15, -0.1) is 0 Å². The third kappa shape index (κ3) is 13.5. The van der Waals surface area contributed by atoms with Crippen molar-refractivity contribution in [1.29, 1.82) is 0 Å². The van der Waals surface area contributed by atoms with Crippen LogP contribution in [0, 0.1) is 41.4 Å². The fraction of sp³-hybridized carbons (Fsp3) is 0.729. The van der Waals surface area contributed by atoms with Gasteiger partial charge >= 0.3 is 5.97 Å². The Morgan fingerprint density at radius 1 is 1.02 bits per heavy atom. The van der Waals surface area contributed by atoms with Crippen LogP contribution >= 0.6 is 0 Å². The van der Waals surface area contributed by atoms with E-state index >= 15 is 0 Å². The Kier molecular flexibility index (Phi) is 17.3. The third-order valence-corrected chi connectivity index (χ3v) is 14.3. The minimum Gasteiger partial charge on any atom is -0.667 e. The van der Waals surface area contributed by atoms with Crippen LogP contribution in [0.4, 0.5) is 5.82 Å². The molecule has 3 aliphatic carbocycles. The number of Topliss-reactive ketones (excluding diaryl/α,β-unsaturated/α-hetero) is 1. The van der Waals surface area contributed by atoms with Gasteiger partial charge in [-0.2, -0.15) is 11.9 Å². The Morgan fingerprint density at radius 3 is 2.51 bits per heavy atom. The molecule has 10 atom stereocenters. The molecule has 0 bridgehead atoms. The smallest absolute Gasteiger partial charge is 0.309 e. The van der Waals surface area contributed by atoms with E-state index in [0.29, 0.717) is 80.2 Å². The summed E-state index contributed by atoms with van der Waals surface area (Å²) >= 11 is 0. The first-order valence-corrected chi connectivity index (χ1v) is 22.7. The summed E-state index contributed by atoms with van der Waals surface area (Å²) in [6, 6.07) is 6.07. The van der Waals surface area contributed by atoms with E-state index in [1.54, 1.807) is 6.20 Å². The van der Waals surface area contributed by atoms with Crippen molar-refractivity contribution in [3.8, 4) is 0 Å². The van der Waals surface area contributed by atoms with Gasteiger partial charge in [-0.1, -0.05) is 83.1 Å². The number of aromatic nitrogens is 2. The van der Waals surface area contributed by atoms with Crippen LogP contribution in [-0.4, -0.2) is 55.0 Å².